The van der Waals surface area contributed by atoms with Gasteiger partial charge in [-0.3, -0.25) is 0 Å². The quantitative estimate of drug-likeness (QED) is 0.303. The second-order valence-corrected chi connectivity index (χ2v) is 8.22. The summed E-state index contributed by atoms with van der Waals surface area (Å²) in [5, 5.41) is 9.64. The molecule has 0 aromatic carbocycles. The van der Waals surface area contributed by atoms with Crippen LogP contribution in [0, 0.1) is 0 Å². The molecule has 1 heterocycles. The van der Waals surface area contributed by atoms with E-state index in [0.717, 1.165) is 58.0 Å². The fourth-order valence-corrected chi connectivity index (χ4v) is 3.61. The van der Waals surface area contributed by atoms with Gasteiger partial charge in [-0.05, 0) is 32.1 Å². The number of hydrogen-bond acceptors (Lipinski definition) is 6. The third-order valence-electron chi connectivity index (χ3n) is 5.49. The van der Waals surface area contributed by atoms with E-state index in [9.17, 15) is 5.11 Å². The van der Waals surface area contributed by atoms with Crippen molar-refractivity contribution in [3.63, 3.8) is 0 Å². The predicted octanol–water partition coefficient (Wildman–Crippen LogP) is 4.51. The van der Waals surface area contributed by atoms with Gasteiger partial charge in [0.15, 0.2) is 0 Å². The van der Waals surface area contributed by atoms with Crippen molar-refractivity contribution in [1.29, 1.82) is 0 Å². The zero-order valence-electron chi connectivity index (χ0n) is 20.0. The summed E-state index contributed by atoms with van der Waals surface area (Å²) < 4.78 is 31.3. The summed E-state index contributed by atoms with van der Waals surface area (Å²) >= 11 is 0. The Morgan fingerprint density at radius 1 is 0.633 bits per heavy atom. The molecule has 0 unspecified atom stereocenters. The van der Waals surface area contributed by atoms with Gasteiger partial charge < -0.3 is 28.8 Å². The van der Waals surface area contributed by atoms with Crippen molar-refractivity contribution in [3.8, 4) is 0 Å². The smallest absolute Gasteiger partial charge is 0.115 e. The van der Waals surface area contributed by atoms with Crippen molar-refractivity contribution in [2.24, 2.45) is 0 Å². The predicted molar refractivity (Wildman–Crippen MR) is 120 cm³/mol. The lowest BCUT2D eigenvalue weighted by molar-refractivity contribution is -0.267. The van der Waals surface area contributed by atoms with Gasteiger partial charge in [-0.25, -0.2) is 0 Å². The van der Waals surface area contributed by atoms with Crippen LogP contribution in [0.2, 0.25) is 0 Å². The zero-order chi connectivity index (χ0) is 22.0. The first kappa shape index (κ1) is 27.8. The Labute approximate surface area is 184 Å². The molecule has 1 aliphatic heterocycles. The van der Waals surface area contributed by atoms with Crippen LogP contribution in [0.5, 0.6) is 0 Å². The molecule has 0 aromatic heterocycles. The second-order valence-electron chi connectivity index (χ2n) is 8.22. The molecule has 1 N–H and O–H groups in total. The van der Waals surface area contributed by atoms with Gasteiger partial charge in [0.2, 0.25) is 0 Å². The van der Waals surface area contributed by atoms with E-state index in [4.69, 9.17) is 23.7 Å². The highest BCUT2D eigenvalue weighted by molar-refractivity contribution is 4.95. The number of hydrogen-bond donors (Lipinski definition) is 1. The first-order valence-electron chi connectivity index (χ1n) is 12.4. The molecule has 1 rings (SSSR count). The van der Waals surface area contributed by atoms with Crippen molar-refractivity contribution < 1.29 is 28.8 Å². The van der Waals surface area contributed by atoms with Gasteiger partial charge in [-0.15, -0.1) is 0 Å². The summed E-state index contributed by atoms with van der Waals surface area (Å²) in [6, 6.07) is 0. The summed E-state index contributed by atoms with van der Waals surface area (Å²) in [4.78, 5) is 0. The minimum atomic E-state index is -0.237. The van der Waals surface area contributed by atoms with Gasteiger partial charge in [0.1, 0.15) is 24.4 Å². The molecule has 180 valence electrons. The largest absolute Gasteiger partial charge is 0.396 e. The lowest BCUT2D eigenvalue weighted by atomic mass is 9.92. The molecule has 0 bridgehead atoms. The molecule has 5 atom stereocenters. The highest BCUT2D eigenvalue weighted by atomic mass is 16.6. The minimum Gasteiger partial charge on any atom is -0.396 e. The number of aliphatic hydroxyl groups is 1. The van der Waals surface area contributed by atoms with Crippen LogP contribution in [0.25, 0.3) is 0 Å². The Balaban J connectivity index is 2.98. The number of unbranched alkanes of at least 4 members (excludes halogenated alkanes) is 4. The minimum absolute atomic E-state index is 0.0603. The van der Waals surface area contributed by atoms with Crippen molar-refractivity contribution in [3.05, 3.63) is 0 Å². The van der Waals surface area contributed by atoms with Gasteiger partial charge in [-0.2, -0.15) is 0 Å². The second kappa shape index (κ2) is 18.3. The maximum absolute atomic E-state index is 9.64. The average molecular weight is 433 g/mol. The first-order valence-corrected chi connectivity index (χ1v) is 12.4. The van der Waals surface area contributed by atoms with Crippen molar-refractivity contribution in [1.82, 2.24) is 0 Å². The Morgan fingerprint density at radius 2 is 1.10 bits per heavy atom. The van der Waals surface area contributed by atoms with E-state index < -0.39 is 0 Å². The lowest BCUT2D eigenvalue weighted by Crippen LogP contribution is -2.61. The van der Waals surface area contributed by atoms with E-state index in [1.165, 1.54) is 0 Å². The normalized spacial score (nSPS) is 26.9. The van der Waals surface area contributed by atoms with E-state index in [-0.39, 0.29) is 37.1 Å². The molecular weight excluding hydrogens is 384 g/mol. The first-order chi connectivity index (χ1) is 14.7. The molecule has 1 saturated heterocycles. The molecule has 6 nitrogen and oxygen atoms in total. The Bertz CT molecular complexity index is 381. The molecule has 1 fully saturated rings. The van der Waals surface area contributed by atoms with Gasteiger partial charge in [0, 0.05) is 33.0 Å². The zero-order valence-corrected chi connectivity index (χ0v) is 20.0. The molecule has 30 heavy (non-hydrogen) atoms. The van der Waals surface area contributed by atoms with Gasteiger partial charge in [0.05, 0.1) is 12.7 Å². The fourth-order valence-electron chi connectivity index (χ4n) is 3.61. The maximum atomic E-state index is 9.64. The van der Waals surface area contributed by atoms with Crippen molar-refractivity contribution in [2.75, 3.05) is 39.6 Å². The molecule has 0 aromatic rings. The Hall–Kier alpha value is -0.240. The van der Waals surface area contributed by atoms with Crippen molar-refractivity contribution in [2.45, 2.75) is 116 Å². The summed E-state index contributed by atoms with van der Waals surface area (Å²) in [6.45, 7) is 11.9. The van der Waals surface area contributed by atoms with Crippen LogP contribution < -0.4 is 0 Å². The van der Waals surface area contributed by atoms with Gasteiger partial charge in [0.25, 0.3) is 0 Å². The maximum Gasteiger partial charge on any atom is 0.115 e. The molecular formula is C24H48O6. The van der Waals surface area contributed by atoms with Crippen LogP contribution in [0.15, 0.2) is 0 Å². The van der Waals surface area contributed by atoms with E-state index >= 15 is 0 Å². The fraction of sp³-hybridized carbons (Fsp3) is 1.00. The van der Waals surface area contributed by atoms with Crippen LogP contribution in [0.4, 0.5) is 0 Å². The molecule has 0 amide bonds. The number of rotatable bonds is 19. The third-order valence-corrected chi connectivity index (χ3v) is 5.49. The van der Waals surface area contributed by atoms with Gasteiger partial charge >= 0.3 is 0 Å². The van der Waals surface area contributed by atoms with Crippen LogP contribution in [-0.4, -0.2) is 75.3 Å². The summed E-state index contributed by atoms with van der Waals surface area (Å²) in [5.41, 5.74) is 0. The van der Waals surface area contributed by atoms with E-state index in [1.54, 1.807) is 0 Å². The molecule has 0 radical (unpaired) electrons. The number of aliphatic hydroxyl groups excluding tert-OH is 1. The lowest BCUT2D eigenvalue weighted by Gasteiger charge is -2.46. The highest BCUT2D eigenvalue weighted by Gasteiger charge is 2.47. The third kappa shape index (κ3) is 10.4. The highest BCUT2D eigenvalue weighted by Crippen LogP contribution is 2.30. The average Bonchev–Trinajstić information content (AvgIpc) is 2.75. The standard InChI is InChI=1S/C24H48O6/c1-5-9-15-26-19-21-23(28-17-11-7-3)24(29-18-12-8-4)22(27-16-10-6-2)20(30-21)13-14-25/h20-25H,5-19H2,1-4H3/t20-,21-,22-,23-,24-/m1/s1. The van der Waals surface area contributed by atoms with Gasteiger partial charge in [-0.1, -0.05) is 53.4 Å². The Morgan fingerprint density at radius 3 is 1.60 bits per heavy atom. The molecule has 0 aliphatic carbocycles. The topological polar surface area (TPSA) is 66.4 Å². The summed E-state index contributed by atoms with van der Waals surface area (Å²) in [7, 11) is 0. The van der Waals surface area contributed by atoms with E-state index in [1.807, 2.05) is 0 Å². The van der Waals surface area contributed by atoms with Crippen LogP contribution in [0.1, 0.15) is 85.5 Å². The molecule has 0 spiro atoms. The molecule has 1 aliphatic rings. The SMILES string of the molecule is CCCCOC[C@H]1O[C@H](CCO)[C@@H](OCCCC)[C@@H](OCCCC)[C@@H]1OCCCC. The van der Waals surface area contributed by atoms with Crippen LogP contribution >= 0.6 is 0 Å². The van der Waals surface area contributed by atoms with E-state index in [0.29, 0.717) is 32.8 Å². The van der Waals surface area contributed by atoms with Crippen molar-refractivity contribution >= 4 is 0 Å². The summed E-state index contributed by atoms with van der Waals surface area (Å²) in [5.74, 6) is 0. The number of ether oxygens (including phenoxy) is 5. The van der Waals surface area contributed by atoms with E-state index in [2.05, 4.69) is 27.7 Å². The molecule has 0 saturated carbocycles. The Kier molecular flexibility index (Phi) is 17.0. The monoisotopic (exact) mass is 432 g/mol. The summed E-state index contributed by atoms with van der Waals surface area (Å²) in [6.07, 6.45) is 7.79. The van der Waals surface area contributed by atoms with Crippen LogP contribution in [0.3, 0.4) is 0 Å². The molecule has 6 heteroatoms. The van der Waals surface area contributed by atoms with Crippen LogP contribution in [-0.2, 0) is 23.7 Å².